The standard InChI is InChI=1S/C11H15N3O/c15-11(14-8-2-3-8)7-1-4-9-10(5-7)13-6-12-9/h6-8H,1-5H2,(H,12,13)(H,14,15)/t7-/m0/s1. The van der Waals surface area contributed by atoms with Gasteiger partial charge in [0.05, 0.1) is 12.0 Å². The predicted octanol–water partition coefficient (Wildman–Crippen LogP) is 0.793. The second-order valence-electron chi connectivity index (χ2n) is 4.55. The molecule has 1 atom stereocenters. The van der Waals surface area contributed by atoms with Crippen molar-refractivity contribution in [3.05, 3.63) is 17.7 Å². The number of amides is 1. The summed E-state index contributed by atoms with van der Waals surface area (Å²) in [6.07, 6.45) is 6.75. The second-order valence-corrected chi connectivity index (χ2v) is 4.55. The Morgan fingerprint density at radius 1 is 1.47 bits per heavy atom. The van der Waals surface area contributed by atoms with E-state index < -0.39 is 0 Å². The van der Waals surface area contributed by atoms with Gasteiger partial charge in [-0.25, -0.2) is 4.98 Å². The van der Waals surface area contributed by atoms with E-state index in [1.54, 1.807) is 6.33 Å². The fourth-order valence-electron chi connectivity index (χ4n) is 2.17. The maximum Gasteiger partial charge on any atom is 0.223 e. The van der Waals surface area contributed by atoms with Crippen molar-refractivity contribution in [2.75, 3.05) is 0 Å². The van der Waals surface area contributed by atoms with E-state index in [-0.39, 0.29) is 11.8 Å². The van der Waals surface area contributed by atoms with Gasteiger partial charge in [0.25, 0.3) is 0 Å². The van der Waals surface area contributed by atoms with Gasteiger partial charge in [-0.1, -0.05) is 0 Å². The average molecular weight is 205 g/mol. The molecular formula is C11H15N3O. The molecule has 15 heavy (non-hydrogen) atoms. The van der Waals surface area contributed by atoms with Crippen molar-refractivity contribution in [2.24, 2.45) is 5.92 Å². The van der Waals surface area contributed by atoms with E-state index in [2.05, 4.69) is 15.3 Å². The molecule has 2 aliphatic carbocycles. The predicted molar refractivity (Wildman–Crippen MR) is 55.3 cm³/mol. The lowest BCUT2D eigenvalue weighted by atomic mass is 9.89. The van der Waals surface area contributed by atoms with Crippen molar-refractivity contribution in [2.45, 2.75) is 38.1 Å². The molecule has 0 unspecified atom stereocenters. The number of H-pyrrole nitrogens is 1. The van der Waals surface area contributed by atoms with Crippen LogP contribution in [0.5, 0.6) is 0 Å². The van der Waals surface area contributed by atoms with Crippen molar-refractivity contribution in [1.82, 2.24) is 15.3 Å². The first-order valence-electron chi connectivity index (χ1n) is 5.64. The Balaban J connectivity index is 1.66. The number of rotatable bonds is 2. The first-order valence-corrected chi connectivity index (χ1v) is 5.64. The lowest BCUT2D eigenvalue weighted by Gasteiger charge is -2.20. The van der Waals surface area contributed by atoms with Gasteiger partial charge in [-0.3, -0.25) is 4.79 Å². The molecule has 1 amide bonds. The SMILES string of the molecule is O=C(NC1CC1)[C@H]1CCc2nc[nH]c2C1. The van der Waals surface area contributed by atoms with Gasteiger partial charge >= 0.3 is 0 Å². The first-order chi connectivity index (χ1) is 7.33. The molecule has 1 heterocycles. The Labute approximate surface area is 88.5 Å². The highest BCUT2D eigenvalue weighted by Crippen LogP contribution is 2.25. The maximum absolute atomic E-state index is 11.8. The molecule has 1 aromatic rings. The number of hydrogen-bond acceptors (Lipinski definition) is 2. The van der Waals surface area contributed by atoms with Crippen LogP contribution in [-0.2, 0) is 17.6 Å². The van der Waals surface area contributed by atoms with E-state index in [1.165, 1.54) is 0 Å². The van der Waals surface area contributed by atoms with Crippen molar-refractivity contribution >= 4 is 5.91 Å². The third-order valence-electron chi connectivity index (χ3n) is 3.28. The fraction of sp³-hybridized carbons (Fsp3) is 0.636. The van der Waals surface area contributed by atoms with Gasteiger partial charge in [0, 0.05) is 24.1 Å². The summed E-state index contributed by atoms with van der Waals surface area (Å²) in [5, 5.41) is 3.07. The number of nitrogens with zero attached hydrogens (tertiary/aromatic N) is 1. The number of imidazole rings is 1. The molecule has 0 aromatic carbocycles. The number of aromatic amines is 1. The second kappa shape index (κ2) is 3.36. The number of carbonyl (C=O) groups is 1. The van der Waals surface area contributed by atoms with Crippen LogP contribution in [0.15, 0.2) is 6.33 Å². The lowest BCUT2D eigenvalue weighted by Crippen LogP contribution is -2.35. The largest absolute Gasteiger partial charge is 0.353 e. The molecule has 0 aliphatic heterocycles. The smallest absolute Gasteiger partial charge is 0.223 e. The summed E-state index contributed by atoms with van der Waals surface area (Å²) in [5.41, 5.74) is 2.29. The van der Waals surface area contributed by atoms with Crippen LogP contribution < -0.4 is 5.32 Å². The van der Waals surface area contributed by atoms with E-state index >= 15 is 0 Å². The molecule has 2 N–H and O–H groups in total. The monoisotopic (exact) mass is 205 g/mol. The molecule has 0 spiro atoms. The zero-order valence-corrected chi connectivity index (χ0v) is 8.62. The van der Waals surface area contributed by atoms with Crippen LogP contribution >= 0.6 is 0 Å². The molecule has 0 bridgehead atoms. The first kappa shape index (κ1) is 8.95. The molecule has 4 nitrogen and oxygen atoms in total. The van der Waals surface area contributed by atoms with E-state index in [9.17, 15) is 4.79 Å². The van der Waals surface area contributed by atoms with Gasteiger partial charge in [-0.05, 0) is 25.7 Å². The third-order valence-corrected chi connectivity index (χ3v) is 3.28. The summed E-state index contributed by atoms with van der Waals surface area (Å²) >= 11 is 0. The van der Waals surface area contributed by atoms with Gasteiger partial charge < -0.3 is 10.3 Å². The van der Waals surface area contributed by atoms with Gasteiger partial charge in [-0.2, -0.15) is 0 Å². The zero-order chi connectivity index (χ0) is 10.3. The fourth-order valence-corrected chi connectivity index (χ4v) is 2.17. The van der Waals surface area contributed by atoms with Crippen molar-refractivity contribution in [3.63, 3.8) is 0 Å². The minimum atomic E-state index is 0.151. The van der Waals surface area contributed by atoms with Gasteiger partial charge in [-0.15, -0.1) is 0 Å². The highest BCUT2D eigenvalue weighted by molar-refractivity contribution is 5.79. The van der Waals surface area contributed by atoms with Crippen LogP contribution in [0.1, 0.15) is 30.7 Å². The Morgan fingerprint density at radius 2 is 2.33 bits per heavy atom. The van der Waals surface area contributed by atoms with Gasteiger partial charge in [0.1, 0.15) is 0 Å². The van der Waals surface area contributed by atoms with Crippen LogP contribution in [0.2, 0.25) is 0 Å². The molecule has 4 heteroatoms. The molecule has 2 aliphatic rings. The molecule has 80 valence electrons. The Kier molecular flexibility index (Phi) is 2.01. The average Bonchev–Trinajstić information content (AvgIpc) is 2.94. The van der Waals surface area contributed by atoms with Crippen molar-refractivity contribution in [1.29, 1.82) is 0 Å². The summed E-state index contributed by atoms with van der Waals surface area (Å²) in [6.45, 7) is 0. The molecular weight excluding hydrogens is 190 g/mol. The van der Waals surface area contributed by atoms with E-state index in [4.69, 9.17) is 0 Å². The molecule has 3 rings (SSSR count). The molecule has 1 saturated carbocycles. The zero-order valence-electron chi connectivity index (χ0n) is 8.62. The number of hydrogen-bond donors (Lipinski definition) is 2. The van der Waals surface area contributed by atoms with Crippen LogP contribution in [0.25, 0.3) is 0 Å². The summed E-state index contributed by atoms with van der Waals surface area (Å²) in [4.78, 5) is 19.2. The molecule has 0 radical (unpaired) electrons. The van der Waals surface area contributed by atoms with Crippen LogP contribution in [-0.4, -0.2) is 21.9 Å². The Morgan fingerprint density at radius 3 is 3.13 bits per heavy atom. The van der Waals surface area contributed by atoms with E-state index in [0.717, 1.165) is 43.5 Å². The highest BCUT2D eigenvalue weighted by atomic mass is 16.2. The quantitative estimate of drug-likeness (QED) is 0.750. The van der Waals surface area contributed by atoms with Gasteiger partial charge in [0.2, 0.25) is 5.91 Å². The summed E-state index contributed by atoms with van der Waals surface area (Å²) < 4.78 is 0. The normalized spacial score (nSPS) is 24.7. The highest BCUT2D eigenvalue weighted by Gasteiger charge is 2.30. The van der Waals surface area contributed by atoms with Crippen molar-refractivity contribution in [3.8, 4) is 0 Å². The third kappa shape index (κ3) is 1.76. The van der Waals surface area contributed by atoms with Gasteiger partial charge in [0.15, 0.2) is 0 Å². The van der Waals surface area contributed by atoms with Crippen LogP contribution in [0.4, 0.5) is 0 Å². The number of aryl methyl sites for hydroxylation is 1. The Hall–Kier alpha value is -1.32. The molecule has 1 fully saturated rings. The summed E-state index contributed by atoms with van der Waals surface area (Å²) in [5.74, 6) is 0.385. The van der Waals surface area contributed by atoms with Crippen LogP contribution in [0.3, 0.4) is 0 Å². The van der Waals surface area contributed by atoms with Crippen molar-refractivity contribution < 1.29 is 4.79 Å². The summed E-state index contributed by atoms with van der Waals surface area (Å²) in [6, 6.07) is 0.473. The summed E-state index contributed by atoms with van der Waals surface area (Å²) in [7, 11) is 0. The number of fused-ring (bicyclic) bond motifs is 1. The van der Waals surface area contributed by atoms with E-state index in [1.807, 2.05) is 0 Å². The molecule has 1 aromatic heterocycles. The minimum Gasteiger partial charge on any atom is -0.353 e. The Bertz CT molecular complexity index is 381. The topological polar surface area (TPSA) is 57.8 Å². The maximum atomic E-state index is 11.8. The number of aromatic nitrogens is 2. The van der Waals surface area contributed by atoms with Crippen LogP contribution in [0, 0.1) is 5.92 Å². The minimum absolute atomic E-state index is 0.151. The molecule has 0 saturated heterocycles. The van der Waals surface area contributed by atoms with E-state index in [0.29, 0.717) is 6.04 Å². The number of nitrogens with one attached hydrogen (secondary N) is 2. The lowest BCUT2D eigenvalue weighted by molar-refractivity contribution is -0.125. The number of carbonyl (C=O) groups excluding carboxylic acids is 1.